The van der Waals surface area contributed by atoms with Crippen LogP contribution in [0.15, 0.2) is 53.7 Å². The summed E-state index contributed by atoms with van der Waals surface area (Å²) in [5, 5.41) is 0. The third-order valence-electron chi connectivity index (χ3n) is 5.44. The molecule has 0 spiro atoms. The summed E-state index contributed by atoms with van der Waals surface area (Å²) in [5.74, 6) is 1.36. The maximum atomic E-state index is 12.4. The van der Waals surface area contributed by atoms with Crippen LogP contribution in [0.2, 0.25) is 0 Å². The lowest BCUT2D eigenvalue weighted by molar-refractivity contribution is 0.408. The standard InChI is InChI=1S/C21H25N5O/c1-16-4-3-11-26-20(27)14-19(23-21(16)26)24(2)15-17-7-12-25(13-8-17)18-5-9-22-10-6-18/h3-6,9-11,14,17H,7-8,12-13,15H2,1-2H3. The topological polar surface area (TPSA) is 53.7 Å². The van der Waals surface area contributed by atoms with Crippen molar-refractivity contribution in [2.45, 2.75) is 19.8 Å². The Morgan fingerprint density at radius 3 is 2.67 bits per heavy atom. The van der Waals surface area contributed by atoms with Crippen molar-refractivity contribution in [1.82, 2.24) is 14.4 Å². The van der Waals surface area contributed by atoms with E-state index in [1.807, 2.05) is 38.5 Å². The smallest absolute Gasteiger partial charge is 0.259 e. The van der Waals surface area contributed by atoms with E-state index in [2.05, 4.69) is 26.9 Å². The summed E-state index contributed by atoms with van der Waals surface area (Å²) in [6.07, 6.45) is 7.75. The number of rotatable bonds is 4. The maximum absolute atomic E-state index is 12.4. The summed E-state index contributed by atoms with van der Waals surface area (Å²) in [6, 6.07) is 9.65. The van der Waals surface area contributed by atoms with Crippen LogP contribution in [0, 0.1) is 12.8 Å². The van der Waals surface area contributed by atoms with Gasteiger partial charge in [-0.25, -0.2) is 4.98 Å². The largest absolute Gasteiger partial charge is 0.371 e. The van der Waals surface area contributed by atoms with E-state index in [1.54, 1.807) is 16.7 Å². The van der Waals surface area contributed by atoms with Crippen molar-refractivity contribution in [3.05, 3.63) is 64.8 Å². The van der Waals surface area contributed by atoms with E-state index in [9.17, 15) is 4.79 Å². The van der Waals surface area contributed by atoms with Crippen LogP contribution in [-0.2, 0) is 0 Å². The Morgan fingerprint density at radius 2 is 1.93 bits per heavy atom. The van der Waals surface area contributed by atoms with Gasteiger partial charge in [0.2, 0.25) is 0 Å². The van der Waals surface area contributed by atoms with E-state index in [-0.39, 0.29) is 5.56 Å². The molecule has 0 atom stereocenters. The lowest BCUT2D eigenvalue weighted by Gasteiger charge is -2.35. The predicted octanol–water partition coefficient (Wildman–Crippen LogP) is 2.75. The first-order valence-corrected chi connectivity index (χ1v) is 9.47. The van der Waals surface area contributed by atoms with Crippen molar-refractivity contribution in [2.24, 2.45) is 5.92 Å². The molecule has 140 valence electrons. The second kappa shape index (κ2) is 7.39. The zero-order chi connectivity index (χ0) is 18.8. The summed E-state index contributed by atoms with van der Waals surface area (Å²) in [5.41, 5.74) is 2.96. The zero-order valence-corrected chi connectivity index (χ0v) is 15.9. The van der Waals surface area contributed by atoms with E-state index in [1.165, 1.54) is 5.69 Å². The van der Waals surface area contributed by atoms with Gasteiger partial charge >= 0.3 is 0 Å². The maximum Gasteiger partial charge on any atom is 0.259 e. The minimum atomic E-state index is -0.0296. The van der Waals surface area contributed by atoms with Gasteiger partial charge in [-0.3, -0.25) is 14.2 Å². The molecule has 27 heavy (non-hydrogen) atoms. The predicted molar refractivity (Wildman–Crippen MR) is 109 cm³/mol. The van der Waals surface area contributed by atoms with Crippen molar-refractivity contribution in [3.8, 4) is 0 Å². The van der Waals surface area contributed by atoms with Gasteiger partial charge < -0.3 is 9.80 Å². The lowest BCUT2D eigenvalue weighted by Crippen LogP contribution is -2.38. The average Bonchev–Trinajstić information content (AvgIpc) is 2.70. The molecule has 0 aromatic carbocycles. The molecule has 0 N–H and O–H groups in total. The third kappa shape index (κ3) is 3.65. The molecule has 1 fully saturated rings. The number of piperidine rings is 1. The van der Waals surface area contributed by atoms with Crippen LogP contribution >= 0.6 is 0 Å². The molecule has 0 amide bonds. The fourth-order valence-corrected chi connectivity index (χ4v) is 3.85. The molecule has 3 aromatic rings. The van der Waals surface area contributed by atoms with Gasteiger partial charge in [-0.2, -0.15) is 0 Å². The quantitative estimate of drug-likeness (QED) is 0.713. The van der Waals surface area contributed by atoms with Crippen molar-refractivity contribution >= 4 is 17.2 Å². The van der Waals surface area contributed by atoms with E-state index in [0.29, 0.717) is 5.92 Å². The van der Waals surface area contributed by atoms with E-state index >= 15 is 0 Å². The first-order chi connectivity index (χ1) is 13.1. The highest BCUT2D eigenvalue weighted by Gasteiger charge is 2.21. The van der Waals surface area contributed by atoms with Crippen LogP contribution in [0.25, 0.3) is 5.65 Å². The highest BCUT2D eigenvalue weighted by molar-refractivity contribution is 5.52. The molecule has 0 radical (unpaired) electrons. The SMILES string of the molecule is Cc1cccn2c(=O)cc(N(C)CC3CCN(c4ccncc4)CC3)nc12. The number of anilines is 2. The van der Waals surface area contributed by atoms with E-state index < -0.39 is 0 Å². The second-order valence-corrected chi connectivity index (χ2v) is 7.35. The Morgan fingerprint density at radius 1 is 1.19 bits per heavy atom. The monoisotopic (exact) mass is 363 g/mol. The highest BCUT2D eigenvalue weighted by Crippen LogP contribution is 2.24. The molecule has 0 unspecified atom stereocenters. The van der Waals surface area contributed by atoms with Crippen LogP contribution in [0.3, 0.4) is 0 Å². The molecule has 0 saturated carbocycles. The summed E-state index contributed by atoms with van der Waals surface area (Å²) < 4.78 is 1.61. The van der Waals surface area contributed by atoms with Gasteiger partial charge in [0.05, 0.1) is 0 Å². The number of aromatic nitrogens is 3. The van der Waals surface area contributed by atoms with Gasteiger partial charge in [-0.15, -0.1) is 0 Å². The molecule has 4 heterocycles. The first-order valence-electron chi connectivity index (χ1n) is 9.47. The molecular weight excluding hydrogens is 338 g/mol. The molecule has 1 aliphatic heterocycles. The van der Waals surface area contributed by atoms with Crippen molar-refractivity contribution in [2.75, 3.05) is 36.5 Å². The first kappa shape index (κ1) is 17.5. The number of pyridine rings is 2. The van der Waals surface area contributed by atoms with Gasteiger partial charge in [0.15, 0.2) is 0 Å². The third-order valence-corrected chi connectivity index (χ3v) is 5.44. The average molecular weight is 363 g/mol. The minimum Gasteiger partial charge on any atom is -0.371 e. The molecular formula is C21H25N5O. The molecule has 0 aliphatic carbocycles. The Kier molecular flexibility index (Phi) is 4.79. The molecule has 1 aliphatic rings. The van der Waals surface area contributed by atoms with Gasteiger partial charge in [0.25, 0.3) is 5.56 Å². The number of aryl methyl sites for hydroxylation is 1. The molecule has 0 bridgehead atoms. The van der Waals surface area contributed by atoms with Crippen molar-refractivity contribution in [3.63, 3.8) is 0 Å². The van der Waals surface area contributed by atoms with Crippen molar-refractivity contribution in [1.29, 1.82) is 0 Å². The van der Waals surface area contributed by atoms with E-state index in [4.69, 9.17) is 4.98 Å². The summed E-state index contributed by atoms with van der Waals surface area (Å²) in [4.78, 5) is 25.8. The Balaban J connectivity index is 1.44. The molecule has 4 rings (SSSR count). The molecule has 1 saturated heterocycles. The van der Waals surface area contributed by atoms with Crippen LogP contribution in [-0.4, -0.2) is 41.1 Å². The summed E-state index contributed by atoms with van der Waals surface area (Å²) >= 11 is 0. The number of nitrogens with zero attached hydrogens (tertiary/aromatic N) is 5. The Hall–Kier alpha value is -2.89. The lowest BCUT2D eigenvalue weighted by atomic mass is 9.96. The van der Waals surface area contributed by atoms with Gasteiger partial charge in [-0.05, 0) is 49.4 Å². The van der Waals surface area contributed by atoms with Crippen molar-refractivity contribution < 1.29 is 0 Å². The van der Waals surface area contributed by atoms with Gasteiger partial charge in [0.1, 0.15) is 11.5 Å². The summed E-state index contributed by atoms with van der Waals surface area (Å²) in [6.45, 7) is 5.00. The minimum absolute atomic E-state index is 0.0296. The van der Waals surface area contributed by atoms with Gasteiger partial charge in [-0.1, -0.05) is 6.07 Å². The Labute approximate surface area is 159 Å². The highest BCUT2D eigenvalue weighted by atomic mass is 16.1. The van der Waals surface area contributed by atoms with Crippen LogP contribution in [0.5, 0.6) is 0 Å². The molecule has 6 nitrogen and oxygen atoms in total. The van der Waals surface area contributed by atoms with Crippen LogP contribution in [0.4, 0.5) is 11.5 Å². The summed E-state index contributed by atoms with van der Waals surface area (Å²) in [7, 11) is 2.03. The molecule has 3 aromatic heterocycles. The van der Waals surface area contributed by atoms with E-state index in [0.717, 1.165) is 49.5 Å². The number of hydrogen-bond donors (Lipinski definition) is 0. The normalized spacial score (nSPS) is 15.3. The fraction of sp³-hybridized carbons (Fsp3) is 0.381. The van der Waals surface area contributed by atoms with Gasteiger partial charge in [0, 0.05) is 57.0 Å². The fourth-order valence-electron chi connectivity index (χ4n) is 3.85. The second-order valence-electron chi connectivity index (χ2n) is 7.35. The number of fused-ring (bicyclic) bond motifs is 1. The van der Waals surface area contributed by atoms with Crippen LogP contribution in [0.1, 0.15) is 18.4 Å². The number of hydrogen-bond acceptors (Lipinski definition) is 5. The zero-order valence-electron chi connectivity index (χ0n) is 15.9. The van der Waals surface area contributed by atoms with Crippen LogP contribution < -0.4 is 15.4 Å². The Bertz CT molecular complexity index is 977. The molecule has 6 heteroatoms.